The molecule has 1 saturated heterocycles. The van der Waals surface area contributed by atoms with Crippen LogP contribution >= 0.6 is 24.0 Å². The molecule has 0 bridgehead atoms. The average Bonchev–Trinajstić information content (AvgIpc) is 3.05. The van der Waals surface area contributed by atoms with Gasteiger partial charge >= 0.3 is 0 Å². The Morgan fingerprint density at radius 1 is 0.885 bits per heavy atom. The molecule has 0 aromatic heterocycles. The van der Waals surface area contributed by atoms with Crippen molar-refractivity contribution >= 4 is 28.3 Å². The van der Waals surface area contributed by atoms with Gasteiger partial charge in [-0.3, -0.25) is 5.32 Å². The molecule has 1 N–H and O–H groups in total. The second-order valence-electron chi connectivity index (χ2n) is 7.47. The van der Waals surface area contributed by atoms with Crippen molar-refractivity contribution in [2.75, 3.05) is 25.5 Å². The summed E-state index contributed by atoms with van der Waals surface area (Å²) in [4.78, 5) is 2.28. The summed E-state index contributed by atoms with van der Waals surface area (Å²) in [6.07, 6.45) is 24.1. The summed E-state index contributed by atoms with van der Waals surface area (Å²) < 4.78 is 1.07. The monoisotopic (exact) mass is 398 g/mol. The van der Waals surface area contributed by atoms with Gasteiger partial charge in [-0.2, -0.15) is 0 Å². The van der Waals surface area contributed by atoms with E-state index in [9.17, 15) is 0 Å². The Balaban J connectivity index is 1.71. The molecule has 0 saturated carbocycles. The Hall–Kier alpha value is -0.0600. The van der Waals surface area contributed by atoms with Gasteiger partial charge in [0.05, 0.1) is 6.67 Å². The van der Waals surface area contributed by atoms with Crippen LogP contribution in [0.5, 0.6) is 0 Å². The third kappa shape index (κ3) is 14.1. The van der Waals surface area contributed by atoms with Crippen LogP contribution in [0.2, 0.25) is 0 Å². The molecule has 0 amide bonds. The summed E-state index contributed by atoms with van der Waals surface area (Å²) in [7, 11) is 0. The number of hydrogen-bond acceptors (Lipinski definition) is 3. The summed E-state index contributed by atoms with van der Waals surface area (Å²) in [5.41, 5.74) is 0. The van der Waals surface area contributed by atoms with E-state index in [2.05, 4.69) is 29.3 Å². The smallest absolute Gasteiger partial charge is 0.137 e. The highest BCUT2D eigenvalue weighted by molar-refractivity contribution is 8.23. The molecule has 4 heteroatoms. The van der Waals surface area contributed by atoms with E-state index in [0.717, 1.165) is 29.8 Å². The molecule has 1 fully saturated rings. The lowest BCUT2D eigenvalue weighted by atomic mass is 10.1. The van der Waals surface area contributed by atoms with E-state index >= 15 is 0 Å². The minimum Gasteiger partial charge on any atom is -0.344 e. The Labute approximate surface area is 172 Å². The summed E-state index contributed by atoms with van der Waals surface area (Å²) in [6.45, 7) is 5.47. The van der Waals surface area contributed by atoms with Gasteiger partial charge in [-0.15, -0.1) is 0 Å². The SMILES string of the molecule is CCCCCCCC/C=C\CCCCCCCCNCN1CCSC1=S. The highest BCUT2D eigenvalue weighted by Gasteiger charge is 2.15. The first-order valence-corrected chi connectivity index (χ1v) is 12.5. The molecule has 26 heavy (non-hydrogen) atoms. The van der Waals surface area contributed by atoms with Crippen LogP contribution in [0.3, 0.4) is 0 Å². The van der Waals surface area contributed by atoms with Crippen molar-refractivity contribution in [3.63, 3.8) is 0 Å². The van der Waals surface area contributed by atoms with Gasteiger partial charge in [-0.1, -0.05) is 101 Å². The molecule has 1 aliphatic rings. The van der Waals surface area contributed by atoms with Crippen molar-refractivity contribution < 1.29 is 0 Å². The van der Waals surface area contributed by atoms with Gasteiger partial charge in [0.25, 0.3) is 0 Å². The van der Waals surface area contributed by atoms with Gasteiger partial charge in [-0.25, -0.2) is 0 Å². The van der Waals surface area contributed by atoms with Crippen LogP contribution in [0.1, 0.15) is 96.8 Å². The van der Waals surface area contributed by atoms with Gasteiger partial charge in [0.15, 0.2) is 0 Å². The zero-order chi connectivity index (χ0) is 18.7. The van der Waals surface area contributed by atoms with E-state index in [-0.39, 0.29) is 0 Å². The molecule has 0 unspecified atom stereocenters. The molecule has 1 aliphatic heterocycles. The van der Waals surface area contributed by atoms with Crippen LogP contribution in [0.25, 0.3) is 0 Å². The number of allylic oxidation sites excluding steroid dienone is 2. The molecule has 0 radical (unpaired) electrons. The van der Waals surface area contributed by atoms with Crippen LogP contribution in [-0.4, -0.2) is 34.7 Å². The fraction of sp³-hybridized carbons (Fsp3) is 0.864. The first kappa shape index (κ1) is 24.0. The van der Waals surface area contributed by atoms with Crippen molar-refractivity contribution in [2.24, 2.45) is 0 Å². The van der Waals surface area contributed by atoms with Crippen molar-refractivity contribution in [3.05, 3.63) is 12.2 Å². The van der Waals surface area contributed by atoms with E-state index in [1.165, 1.54) is 89.9 Å². The van der Waals surface area contributed by atoms with E-state index in [1.54, 1.807) is 0 Å². The zero-order valence-electron chi connectivity index (χ0n) is 17.1. The fourth-order valence-corrected chi connectivity index (χ4v) is 4.51. The summed E-state index contributed by atoms with van der Waals surface area (Å²) in [5, 5.41) is 3.52. The maximum absolute atomic E-state index is 5.30. The molecule has 0 spiro atoms. The number of nitrogens with zero attached hydrogens (tertiary/aromatic N) is 1. The highest BCUT2D eigenvalue weighted by atomic mass is 32.2. The lowest BCUT2D eigenvalue weighted by Gasteiger charge is -2.17. The van der Waals surface area contributed by atoms with Crippen LogP contribution in [-0.2, 0) is 0 Å². The minimum absolute atomic E-state index is 0.941. The Bertz CT molecular complexity index is 358. The number of unbranched alkanes of at least 4 members (excludes halogenated alkanes) is 12. The molecule has 1 heterocycles. The second-order valence-corrected chi connectivity index (χ2v) is 9.20. The molecule has 0 aliphatic carbocycles. The van der Waals surface area contributed by atoms with Crippen molar-refractivity contribution in [3.8, 4) is 0 Å². The van der Waals surface area contributed by atoms with Gasteiger partial charge in [0.2, 0.25) is 0 Å². The normalized spacial score (nSPS) is 14.8. The van der Waals surface area contributed by atoms with E-state index < -0.39 is 0 Å². The topological polar surface area (TPSA) is 15.3 Å². The molecule has 1 rings (SSSR count). The van der Waals surface area contributed by atoms with Crippen LogP contribution < -0.4 is 5.32 Å². The average molecular weight is 399 g/mol. The predicted molar refractivity (Wildman–Crippen MR) is 124 cm³/mol. The van der Waals surface area contributed by atoms with E-state index in [4.69, 9.17) is 12.2 Å². The van der Waals surface area contributed by atoms with Gasteiger partial charge < -0.3 is 4.90 Å². The van der Waals surface area contributed by atoms with Crippen LogP contribution in [0.4, 0.5) is 0 Å². The van der Waals surface area contributed by atoms with Gasteiger partial charge in [0.1, 0.15) is 4.32 Å². The Kier molecular flexibility index (Phi) is 16.9. The molecule has 0 atom stereocenters. The third-order valence-electron chi connectivity index (χ3n) is 5.01. The number of hydrogen-bond donors (Lipinski definition) is 1. The maximum Gasteiger partial charge on any atom is 0.137 e. The van der Waals surface area contributed by atoms with Crippen molar-refractivity contribution in [1.82, 2.24) is 10.2 Å². The molecular formula is C22H42N2S2. The second kappa shape index (κ2) is 18.3. The number of rotatable bonds is 18. The summed E-state index contributed by atoms with van der Waals surface area (Å²) >= 11 is 7.11. The first-order valence-electron chi connectivity index (χ1n) is 11.1. The summed E-state index contributed by atoms with van der Waals surface area (Å²) in [5.74, 6) is 1.16. The third-order valence-corrected chi connectivity index (χ3v) is 6.52. The van der Waals surface area contributed by atoms with Crippen LogP contribution in [0.15, 0.2) is 12.2 Å². The largest absolute Gasteiger partial charge is 0.344 e. The van der Waals surface area contributed by atoms with Crippen molar-refractivity contribution in [2.45, 2.75) is 96.8 Å². The summed E-state index contributed by atoms with van der Waals surface area (Å²) in [6, 6.07) is 0. The lowest BCUT2D eigenvalue weighted by molar-refractivity contribution is 0.413. The van der Waals surface area contributed by atoms with E-state index in [1.807, 2.05) is 11.8 Å². The quantitative estimate of drug-likeness (QED) is 0.153. The van der Waals surface area contributed by atoms with E-state index in [0.29, 0.717) is 0 Å². The molecule has 2 nitrogen and oxygen atoms in total. The number of thiocarbonyl (C=S) groups is 1. The van der Waals surface area contributed by atoms with Crippen LogP contribution in [0, 0.1) is 0 Å². The van der Waals surface area contributed by atoms with Gasteiger partial charge in [-0.05, 0) is 38.6 Å². The Morgan fingerprint density at radius 2 is 1.46 bits per heavy atom. The minimum atomic E-state index is 0.941. The zero-order valence-corrected chi connectivity index (χ0v) is 18.8. The van der Waals surface area contributed by atoms with Gasteiger partial charge in [0, 0.05) is 12.3 Å². The first-order chi connectivity index (χ1) is 12.8. The number of nitrogens with one attached hydrogen (secondary N) is 1. The molecular weight excluding hydrogens is 356 g/mol. The maximum atomic E-state index is 5.30. The lowest BCUT2D eigenvalue weighted by Crippen LogP contribution is -2.34. The van der Waals surface area contributed by atoms with Crippen molar-refractivity contribution in [1.29, 1.82) is 0 Å². The Morgan fingerprint density at radius 3 is 2.04 bits per heavy atom. The fourth-order valence-electron chi connectivity index (χ4n) is 3.28. The standard InChI is InChI=1S/C22H42N2S2/c1-2-3-4-5-6-7-8-9-10-11-12-13-14-15-16-17-18-23-21-24-19-20-26-22(24)25/h9-10,23H,2-8,11-21H2,1H3/b10-9-. The molecule has 152 valence electrons. The predicted octanol–water partition coefficient (Wildman–Crippen LogP) is 6.90. The molecule has 0 aromatic rings. The number of thioether (sulfide) groups is 1. The molecule has 0 aromatic carbocycles. The highest BCUT2D eigenvalue weighted by Crippen LogP contribution is 2.16.